The number of aliphatic hydroxyl groups excluding tert-OH is 1. The minimum absolute atomic E-state index is 0.311. The Morgan fingerprint density at radius 2 is 2.10 bits per heavy atom. The van der Waals surface area contributed by atoms with Gasteiger partial charge < -0.3 is 14.6 Å². The quantitative estimate of drug-likeness (QED) is 0.924. The summed E-state index contributed by atoms with van der Waals surface area (Å²) in [5.74, 6) is 1.18. The van der Waals surface area contributed by atoms with Crippen LogP contribution in [-0.2, 0) is 0 Å². The first-order valence-corrected chi connectivity index (χ1v) is 6.04. The second-order valence-corrected chi connectivity index (χ2v) is 4.15. The first-order valence-electron chi connectivity index (χ1n) is 6.04. The van der Waals surface area contributed by atoms with E-state index in [2.05, 4.69) is 4.98 Å². The molecule has 0 aliphatic carbocycles. The van der Waals surface area contributed by atoms with E-state index < -0.39 is 6.10 Å². The Labute approximate surface area is 117 Å². The van der Waals surface area contributed by atoms with Gasteiger partial charge in [-0.25, -0.2) is 4.98 Å². The van der Waals surface area contributed by atoms with Crippen molar-refractivity contribution in [2.75, 3.05) is 7.11 Å². The predicted octanol–water partition coefficient (Wildman–Crippen LogP) is 2.81. The fourth-order valence-electron chi connectivity index (χ4n) is 1.73. The molecule has 0 bridgehead atoms. The number of nitriles is 1. The standard InChI is InChI=1S/C15H14N2O3/c1-10(18)12-4-3-7-17-15(12)20-13-6-5-11(9-16)8-14(13)19-2/h3-8,10,18H,1-2H3. The largest absolute Gasteiger partial charge is 0.493 e. The van der Waals surface area contributed by atoms with Crippen LogP contribution in [0.1, 0.15) is 24.2 Å². The number of pyridine rings is 1. The molecule has 1 heterocycles. The van der Waals surface area contributed by atoms with Crippen molar-refractivity contribution in [3.63, 3.8) is 0 Å². The summed E-state index contributed by atoms with van der Waals surface area (Å²) in [6.45, 7) is 1.64. The van der Waals surface area contributed by atoms with Crippen LogP contribution < -0.4 is 9.47 Å². The summed E-state index contributed by atoms with van der Waals surface area (Å²) in [6, 6.07) is 10.3. The minimum Gasteiger partial charge on any atom is -0.493 e. The normalized spacial score (nSPS) is 11.5. The van der Waals surface area contributed by atoms with Gasteiger partial charge in [0.25, 0.3) is 0 Å². The van der Waals surface area contributed by atoms with Crippen molar-refractivity contribution < 1.29 is 14.6 Å². The van der Waals surface area contributed by atoms with Gasteiger partial charge in [0.05, 0.1) is 24.8 Å². The van der Waals surface area contributed by atoms with E-state index in [4.69, 9.17) is 14.7 Å². The van der Waals surface area contributed by atoms with Gasteiger partial charge in [-0.1, -0.05) is 0 Å². The van der Waals surface area contributed by atoms with Crippen LogP contribution in [0.5, 0.6) is 17.4 Å². The highest BCUT2D eigenvalue weighted by Crippen LogP contribution is 2.34. The molecule has 1 atom stereocenters. The van der Waals surface area contributed by atoms with Gasteiger partial charge in [0.15, 0.2) is 11.5 Å². The topological polar surface area (TPSA) is 75.4 Å². The molecule has 102 valence electrons. The second-order valence-electron chi connectivity index (χ2n) is 4.15. The molecule has 5 nitrogen and oxygen atoms in total. The lowest BCUT2D eigenvalue weighted by Gasteiger charge is -2.13. The van der Waals surface area contributed by atoms with Crippen molar-refractivity contribution in [2.24, 2.45) is 0 Å². The third-order valence-electron chi connectivity index (χ3n) is 2.75. The molecule has 0 saturated carbocycles. The summed E-state index contributed by atoms with van der Waals surface area (Å²) in [5, 5.41) is 18.6. The van der Waals surface area contributed by atoms with Crippen LogP contribution in [0.25, 0.3) is 0 Å². The molecule has 2 aromatic rings. The number of aliphatic hydroxyl groups is 1. The van der Waals surface area contributed by atoms with E-state index in [0.29, 0.717) is 28.5 Å². The molecule has 5 heteroatoms. The van der Waals surface area contributed by atoms with Crippen molar-refractivity contribution >= 4 is 0 Å². The Kier molecular flexibility index (Phi) is 4.18. The minimum atomic E-state index is -0.692. The van der Waals surface area contributed by atoms with E-state index in [9.17, 15) is 5.11 Å². The van der Waals surface area contributed by atoms with Gasteiger partial charge in [0.2, 0.25) is 5.88 Å². The maximum absolute atomic E-state index is 9.70. The molecule has 0 fully saturated rings. The van der Waals surface area contributed by atoms with Gasteiger partial charge in [-0.2, -0.15) is 5.26 Å². The number of hydrogen-bond donors (Lipinski definition) is 1. The summed E-state index contributed by atoms with van der Waals surface area (Å²) in [4.78, 5) is 4.11. The molecule has 0 radical (unpaired) electrons. The monoisotopic (exact) mass is 270 g/mol. The van der Waals surface area contributed by atoms with Gasteiger partial charge in [0.1, 0.15) is 0 Å². The molecule has 0 amide bonds. The maximum atomic E-state index is 9.70. The van der Waals surface area contributed by atoms with E-state index in [1.807, 2.05) is 6.07 Å². The molecule has 20 heavy (non-hydrogen) atoms. The van der Waals surface area contributed by atoms with E-state index >= 15 is 0 Å². The lowest BCUT2D eigenvalue weighted by atomic mass is 10.2. The highest BCUT2D eigenvalue weighted by Gasteiger charge is 2.13. The molecule has 2 rings (SSSR count). The summed E-state index contributed by atoms with van der Waals surface area (Å²) in [6.07, 6.45) is 0.889. The summed E-state index contributed by atoms with van der Waals surface area (Å²) in [7, 11) is 1.50. The van der Waals surface area contributed by atoms with Crippen LogP contribution in [0.15, 0.2) is 36.5 Å². The zero-order chi connectivity index (χ0) is 14.5. The Balaban J connectivity index is 2.38. The molecule has 0 aliphatic rings. The van der Waals surface area contributed by atoms with Crippen LogP contribution in [-0.4, -0.2) is 17.2 Å². The maximum Gasteiger partial charge on any atom is 0.225 e. The highest BCUT2D eigenvalue weighted by molar-refractivity contribution is 5.48. The van der Waals surface area contributed by atoms with Gasteiger partial charge in [-0.05, 0) is 31.2 Å². The third-order valence-corrected chi connectivity index (χ3v) is 2.75. The zero-order valence-electron chi connectivity index (χ0n) is 11.2. The van der Waals surface area contributed by atoms with Crippen molar-refractivity contribution in [3.8, 4) is 23.4 Å². The molecule has 0 aliphatic heterocycles. The number of hydrogen-bond acceptors (Lipinski definition) is 5. The van der Waals surface area contributed by atoms with E-state index in [0.717, 1.165) is 0 Å². The number of benzene rings is 1. The van der Waals surface area contributed by atoms with Crippen molar-refractivity contribution in [3.05, 3.63) is 47.7 Å². The fourth-order valence-corrected chi connectivity index (χ4v) is 1.73. The van der Waals surface area contributed by atoms with Crippen LogP contribution in [0.4, 0.5) is 0 Å². The lowest BCUT2D eigenvalue weighted by Crippen LogP contribution is -1.99. The van der Waals surface area contributed by atoms with E-state index in [1.165, 1.54) is 7.11 Å². The third kappa shape index (κ3) is 2.87. The molecule has 1 aromatic carbocycles. The first-order chi connectivity index (χ1) is 9.65. The van der Waals surface area contributed by atoms with Gasteiger partial charge in [-0.15, -0.1) is 0 Å². The molecule has 1 aromatic heterocycles. The molecule has 1 N–H and O–H groups in total. The first kappa shape index (κ1) is 13.8. The Bertz CT molecular complexity index is 648. The highest BCUT2D eigenvalue weighted by atomic mass is 16.5. The number of ether oxygens (including phenoxy) is 2. The predicted molar refractivity (Wildman–Crippen MR) is 72.7 cm³/mol. The van der Waals surface area contributed by atoms with Crippen molar-refractivity contribution in [1.29, 1.82) is 5.26 Å². The molecule has 1 unspecified atom stereocenters. The zero-order valence-corrected chi connectivity index (χ0v) is 11.2. The molecule has 0 spiro atoms. The smallest absolute Gasteiger partial charge is 0.225 e. The number of aromatic nitrogens is 1. The summed E-state index contributed by atoms with van der Waals surface area (Å²) < 4.78 is 10.9. The van der Waals surface area contributed by atoms with Crippen LogP contribution in [0, 0.1) is 11.3 Å². The SMILES string of the molecule is COc1cc(C#N)ccc1Oc1ncccc1C(C)O. The summed E-state index contributed by atoms with van der Waals surface area (Å²) in [5.41, 5.74) is 1.06. The van der Waals surface area contributed by atoms with E-state index in [1.54, 1.807) is 43.5 Å². The van der Waals surface area contributed by atoms with Crippen LogP contribution in [0.3, 0.4) is 0 Å². The Hall–Kier alpha value is -2.58. The van der Waals surface area contributed by atoms with Gasteiger partial charge in [-0.3, -0.25) is 0 Å². The van der Waals surface area contributed by atoms with Gasteiger partial charge >= 0.3 is 0 Å². The second kappa shape index (κ2) is 6.04. The number of methoxy groups -OCH3 is 1. The molecule has 0 saturated heterocycles. The average molecular weight is 270 g/mol. The van der Waals surface area contributed by atoms with Crippen molar-refractivity contribution in [1.82, 2.24) is 4.98 Å². The number of nitrogens with zero attached hydrogens (tertiary/aromatic N) is 2. The van der Waals surface area contributed by atoms with E-state index in [-0.39, 0.29) is 0 Å². The number of rotatable bonds is 4. The molecular weight excluding hydrogens is 256 g/mol. The van der Waals surface area contributed by atoms with Crippen LogP contribution in [0.2, 0.25) is 0 Å². The molecular formula is C15H14N2O3. The average Bonchev–Trinajstić information content (AvgIpc) is 2.48. The Morgan fingerprint density at radius 1 is 1.30 bits per heavy atom. The van der Waals surface area contributed by atoms with Crippen LogP contribution >= 0.6 is 0 Å². The van der Waals surface area contributed by atoms with Crippen molar-refractivity contribution in [2.45, 2.75) is 13.0 Å². The summed E-state index contributed by atoms with van der Waals surface area (Å²) >= 11 is 0. The lowest BCUT2D eigenvalue weighted by molar-refractivity contribution is 0.194. The van der Waals surface area contributed by atoms with Gasteiger partial charge in [0, 0.05) is 17.8 Å². The Morgan fingerprint density at radius 3 is 2.75 bits per heavy atom. The fraction of sp³-hybridized carbons (Fsp3) is 0.200.